The van der Waals surface area contributed by atoms with Crippen molar-refractivity contribution in [1.29, 1.82) is 0 Å². The number of nitrogens with zero attached hydrogens (tertiary/aromatic N) is 4. The van der Waals surface area contributed by atoms with Gasteiger partial charge in [0.2, 0.25) is 11.7 Å². The van der Waals surface area contributed by atoms with Crippen molar-refractivity contribution in [1.82, 2.24) is 15.1 Å². The highest BCUT2D eigenvalue weighted by Crippen LogP contribution is 2.22. The third-order valence-corrected chi connectivity index (χ3v) is 4.06. The standard InChI is InChI=1S/C16H22N4O2/c1-20(2)13-5-8-17-14(11-13)16-18-15(22-19-16)4-3-12-6-9-21-10-7-12/h5,8,11-12H,3-4,6-7,9-10H2,1-2H3. The number of aryl methyl sites for hydroxylation is 1. The first kappa shape index (κ1) is 15.0. The summed E-state index contributed by atoms with van der Waals surface area (Å²) in [7, 11) is 3.99. The summed E-state index contributed by atoms with van der Waals surface area (Å²) < 4.78 is 10.7. The Labute approximate surface area is 130 Å². The largest absolute Gasteiger partial charge is 0.381 e. The molecule has 0 spiro atoms. The zero-order valence-electron chi connectivity index (χ0n) is 13.2. The number of rotatable bonds is 5. The molecule has 6 heteroatoms. The van der Waals surface area contributed by atoms with E-state index in [2.05, 4.69) is 15.1 Å². The maximum atomic E-state index is 5.38. The second kappa shape index (κ2) is 6.87. The summed E-state index contributed by atoms with van der Waals surface area (Å²) in [6.45, 7) is 1.75. The van der Waals surface area contributed by atoms with Crippen LogP contribution in [0.1, 0.15) is 25.2 Å². The van der Waals surface area contributed by atoms with Crippen molar-refractivity contribution in [3.8, 4) is 11.5 Å². The van der Waals surface area contributed by atoms with E-state index in [1.54, 1.807) is 6.20 Å². The third-order valence-electron chi connectivity index (χ3n) is 4.06. The van der Waals surface area contributed by atoms with Crippen LogP contribution in [0, 0.1) is 5.92 Å². The molecule has 118 valence electrons. The molecule has 1 aliphatic heterocycles. The van der Waals surface area contributed by atoms with Gasteiger partial charge in [-0.2, -0.15) is 4.98 Å². The fourth-order valence-electron chi connectivity index (χ4n) is 2.64. The summed E-state index contributed by atoms with van der Waals surface area (Å²) in [4.78, 5) is 10.8. The molecule has 3 heterocycles. The molecule has 1 fully saturated rings. The van der Waals surface area contributed by atoms with Crippen molar-refractivity contribution in [2.45, 2.75) is 25.7 Å². The van der Waals surface area contributed by atoms with Gasteiger partial charge in [-0.1, -0.05) is 5.16 Å². The molecule has 0 radical (unpaired) electrons. The van der Waals surface area contributed by atoms with Crippen LogP contribution < -0.4 is 4.90 Å². The van der Waals surface area contributed by atoms with E-state index in [0.29, 0.717) is 17.6 Å². The summed E-state index contributed by atoms with van der Waals surface area (Å²) >= 11 is 0. The van der Waals surface area contributed by atoms with E-state index in [9.17, 15) is 0 Å². The quantitative estimate of drug-likeness (QED) is 0.846. The first-order chi connectivity index (χ1) is 10.7. The number of pyridine rings is 1. The van der Waals surface area contributed by atoms with Gasteiger partial charge in [0.25, 0.3) is 0 Å². The van der Waals surface area contributed by atoms with Gasteiger partial charge in [0.15, 0.2) is 0 Å². The normalized spacial score (nSPS) is 15.9. The van der Waals surface area contributed by atoms with E-state index in [0.717, 1.165) is 50.3 Å². The molecule has 3 rings (SSSR count). The van der Waals surface area contributed by atoms with Crippen molar-refractivity contribution in [2.75, 3.05) is 32.2 Å². The lowest BCUT2D eigenvalue weighted by Gasteiger charge is -2.20. The number of hydrogen-bond donors (Lipinski definition) is 0. The van der Waals surface area contributed by atoms with Crippen LogP contribution in [0.5, 0.6) is 0 Å². The van der Waals surface area contributed by atoms with E-state index < -0.39 is 0 Å². The molecule has 0 N–H and O–H groups in total. The lowest BCUT2D eigenvalue weighted by molar-refractivity contribution is 0.0634. The van der Waals surface area contributed by atoms with Gasteiger partial charge in [-0.25, -0.2) is 0 Å². The van der Waals surface area contributed by atoms with Crippen LogP contribution in [0.3, 0.4) is 0 Å². The zero-order chi connectivity index (χ0) is 15.4. The predicted octanol–water partition coefficient (Wildman–Crippen LogP) is 2.56. The van der Waals surface area contributed by atoms with E-state index in [-0.39, 0.29) is 0 Å². The van der Waals surface area contributed by atoms with E-state index in [1.165, 1.54) is 0 Å². The molecule has 0 aromatic carbocycles. The van der Waals surface area contributed by atoms with Crippen LogP contribution in [0.15, 0.2) is 22.9 Å². The van der Waals surface area contributed by atoms with E-state index in [1.807, 2.05) is 31.1 Å². The van der Waals surface area contributed by atoms with Crippen LogP contribution in [-0.2, 0) is 11.2 Å². The minimum Gasteiger partial charge on any atom is -0.381 e. The van der Waals surface area contributed by atoms with Crippen molar-refractivity contribution in [2.24, 2.45) is 5.92 Å². The van der Waals surface area contributed by atoms with Crippen LogP contribution >= 0.6 is 0 Å². The van der Waals surface area contributed by atoms with Gasteiger partial charge in [-0.15, -0.1) is 0 Å². The Hall–Kier alpha value is -1.95. The molecule has 1 aliphatic rings. The molecule has 0 aliphatic carbocycles. The fraction of sp³-hybridized carbons (Fsp3) is 0.562. The SMILES string of the molecule is CN(C)c1ccnc(-c2noc(CCC3CCOCC3)n2)c1. The highest BCUT2D eigenvalue weighted by Gasteiger charge is 2.16. The van der Waals surface area contributed by atoms with Gasteiger partial charge in [0, 0.05) is 45.6 Å². The number of ether oxygens (including phenoxy) is 1. The van der Waals surface area contributed by atoms with Crippen molar-refractivity contribution >= 4 is 5.69 Å². The van der Waals surface area contributed by atoms with Gasteiger partial charge in [-0.3, -0.25) is 4.98 Å². The van der Waals surface area contributed by atoms with Crippen LogP contribution in [0.4, 0.5) is 5.69 Å². The lowest BCUT2D eigenvalue weighted by atomic mass is 9.95. The van der Waals surface area contributed by atoms with Crippen molar-refractivity contribution in [3.05, 3.63) is 24.2 Å². The Morgan fingerprint density at radius 3 is 2.86 bits per heavy atom. The molecule has 22 heavy (non-hydrogen) atoms. The van der Waals surface area contributed by atoms with Crippen LogP contribution in [0.2, 0.25) is 0 Å². The van der Waals surface area contributed by atoms with Crippen LogP contribution in [-0.4, -0.2) is 42.4 Å². The molecule has 2 aromatic heterocycles. The smallest absolute Gasteiger partial charge is 0.227 e. The Balaban J connectivity index is 1.64. The van der Waals surface area contributed by atoms with Crippen molar-refractivity contribution in [3.63, 3.8) is 0 Å². The monoisotopic (exact) mass is 302 g/mol. The third kappa shape index (κ3) is 3.62. The Morgan fingerprint density at radius 2 is 2.09 bits per heavy atom. The van der Waals surface area contributed by atoms with E-state index in [4.69, 9.17) is 9.26 Å². The molecule has 0 atom stereocenters. The minimum absolute atomic E-state index is 0.561. The summed E-state index contributed by atoms with van der Waals surface area (Å²) in [6.07, 6.45) is 5.94. The fourth-order valence-corrected chi connectivity index (χ4v) is 2.64. The molecular weight excluding hydrogens is 280 g/mol. The maximum Gasteiger partial charge on any atom is 0.227 e. The van der Waals surface area contributed by atoms with Gasteiger partial charge in [-0.05, 0) is 37.3 Å². The second-order valence-corrected chi connectivity index (χ2v) is 5.90. The lowest BCUT2D eigenvalue weighted by Crippen LogP contribution is -2.16. The topological polar surface area (TPSA) is 64.3 Å². The number of anilines is 1. The maximum absolute atomic E-state index is 5.38. The highest BCUT2D eigenvalue weighted by molar-refractivity contribution is 5.57. The van der Waals surface area contributed by atoms with E-state index >= 15 is 0 Å². The van der Waals surface area contributed by atoms with Gasteiger partial charge < -0.3 is 14.2 Å². The van der Waals surface area contributed by atoms with Gasteiger partial charge >= 0.3 is 0 Å². The number of aromatic nitrogens is 3. The van der Waals surface area contributed by atoms with Crippen molar-refractivity contribution < 1.29 is 9.26 Å². The summed E-state index contributed by atoms with van der Waals surface area (Å²) in [5, 5.41) is 4.06. The summed E-state index contributed by atoms with van der Waals surface area (Å²) in [5.41, 5.74) is 1.81. The predicted molar refractivity (Wildman–Crippen MR) is 83.7 cm³/mol. The Bertz CT molecular complexity index is 606. The molecule has 0 bridgehead atoms. The molecule has 2 aromatic rings. The average Bonchev–Trinajstić information content (AvgIpc) is 3.03. The number of hydrogen-bond acceptors (Lipinski definition) is 6. The molecular formula is C16H22N4O2. The van der Waals surface area contributed by atoms with Crippen LogP contribution in [0.25, 0.3) is 11.5 Å². The molecule has 6 nitrogen and oxygen atoms in total. The average molecular weight is 302 g/mol. The van der Waals surface area contributed by atoms with Gasteiger partial charge in [0.1, 0.15) is 5.69 Å². The Morgan fingerprint density at radius 1 is 1.27 bits per heavy atom. The summed E-state index contributed by atoms with van der Waals surface area (Å²) in [5.74, 6) is 1.96. The first-order valence-corrected chi connectivity index (χ1v) is 7.76. The van der Waals surface area contributed by atoms with Gasteiger partial charge in [0.05, 0.1) is 0 Å². The Kier molecular flexibility index (Phi) is 4.68. The first-order valence-electron chi connectivity index (χ1n) is 7.76. The molecule has 0 amide bonds. The highest BCUT2D eigenvalue weighted by atomic mass is 16.5. The molecule has 1 saturated heterocycles. The second-order valence-electron chi connectivity index (χ2n) is 5.90. The summed E-state index contributed by atoms with van der Waals surface area (Å²) in [6, 6.07) is 3.92. The molecule has 0 saturated carbocycles. The molecule has 0 unspecified atom stereocenters. The zero-order valence-corrected chi connectivity index (χ0v) is 13.2. The minimum atomic E-state index is 0.561.